The van der Waals surface area contributed by atoms with Crippen molar-refractivity contribution in [1.29, 1.82) is 0 Å². The molecule has 1 aromatic heterocycles. The van der Waals surface area contributed by atoms with Gasteiger partial charge in [0.25, 0.3) is 0 Å². The van der Waals surface area contributed by atoms with Gasteiger partial charge < -0.3 is 4.90 Å². The summed E-state index contributed by atoms with van der Waals surface area (Å²) in [4.78, 5) is 28.2. The minimum absolute atomic E-state index is 0.115. The Hall–Kier alpha value is -2.08. The zero-order valence-electron chi connectivity index (χ0n) is 11.4. The first kappa shape index (κ1) is 13.9. The highest BCUT2D eigenvalue weighted by Crippen LogP contribution is 2.30. The van der Waals surface area contributed by atoms with Gasteiger partial charge in [-0.05, 0) is 48.7 Å². The number of hydrogen-bond donors (Lipinski definition) is 1. The number of nitrogens with zero attached hydrogens (tertiary/aromatic N) is 3. The number of halogens is 1. The van der Waals surface area contributed by atoms with E-state index in [0.29, 0.717) is 16.5 Å². The van der Waals surface area contributed by atoms with E-state index in [2.05, 4.69) is 10.2 Å². The third-order valence-corrected chi connectivity index (χ3v) is 3.95. The molecule has 0 radical (unpaired) electrons. The number of nitrogens with one attached hydrogen (secondary N) is 1. The highest BCUT2D eigenvalue weighted by atomic mass is 35.5. The van der Waals surface area contributed by atoms with E-state index in [4.69, 9.17) is 11.6 Å². The van der Waals surface area contributed by atoms with Crippen LogP contribution in [0.3, 0.4) is 0 Å². The van der Waals surface area contributed by atoms with E-state index < -0.39 is 0 Å². The smallest absolute Gasteiger partial charge is 0.333 e. The van der Waals surface area contributed by atoms with E-state index in [1.807, 2.05) is 4.90 Å². The second-order valence-corrected chi connectivity index (χ2v) is 5.49. The molecule has 0 spiro atoms. The largest absolute Gasteiger partial charge is 0.355 e. The summed E-state index contributed by atoms with van der Waals surface area (Å²) in [5.41, 5.74) is 0.200. The van der Waals surface area contributed by atoms with Crippen LogP contribution < -0.4 is 10.6 Å². The second kappa shape index (κ2) is 5.73. The Morgan fingerprint density at radius 1 is 1.10 bits per heavy atom. The third-order valence-electron chi connectivity index (χ3n) is 3.70. The standard InChI is InChI=1S/C14H15ClN4O2/c15-10-4-6-11(7-5-10)19-13(17-21)12(16-14(19)20)18-8-2-1-3-9-18/h4-7H,1-3,8-9H2,(H,16,20). The summed E-state index contributed by atoms with van der Waals surface area (Å²) in [5.74, 6) is 0.619. The predicted molar refractivity (Wildman–Crippen MR) is 82.9 cm³/mol. The van der Waals surface area contributed by atoms with Crippen molar-refractivity contribution < 1.29 is 0 Å². The number of nitroso groups, excluding NO2 is 1. The van der Waals surface area contributed by atoms with Crippen LogP contribution in [0.2, 0.25) is 5.02 Å². The average molecular weight is 307 g/mol. The Kier molecular flexibility index (Phi) is 3.79. The van der Waals surface area contributed by atoms with Crippen LogP contribution in [0.5, 0.6) is 0 Å². The molecule has 0 amide bonds. The highest BCUT2D eigenvalue weighted by Gasteiger charge is 2.22. The van der Waals surface area contributed by atoms with Gasteiger partial charge in [0.15, 0.2) is 5.82 Å². The molecule has 1 aromatic carbocycles. The predicted octanol–water partition coefficient (Wildman–Crippen LogP) is 3.21. The van der Waals surface area contributed by atoms with Crippen molar-refractivity contribution in [2.75, 3.05) is 18.0 Å². The number of piperidine rings is 1. The molecule has 6 nitrogen and oxygen atoms in total. The van der Waals surface area contributed by atoms with Crippen LogP contribution in [-0.4, -0.2) is 22.6 Å². The number of benzene rings is 1. The van der Waals surface area contributed by atoms with Gasteiger partial charge in [-0.15, -0.1) is 4.91 Å². The minimum atomic E-state index is -0.368. The van der Waals surface area contributed by atoms with Crippen LogP contribution in [0, 0.1) is 4.91 Å². The maximum absolute atomic E-state index is 12.2. The molecule has 1 fully saturated rings. The lowest BCUT2D eigenvalue weighted by Gasteiger charge is -2.27. The van der Waals surface area contributed by atoms with Gasteiger partial charge in [-0.1, -0.05) is 11.6 Å². The molecule has 2 heterocycles. The second-order valence-electron chi connectivity index (χ2n) is 5.05. The SMILES string of the molecule is O=Nc1c(N2CCCCC2)[nH]c(=O)n1-c1ccc(Cl)cc1. The molecule has 0 saturated carbocycles. The number of anilines is 1. The molecule has 0 bridgehead atoms. The van der Waals surface area contributed by atoms with E-state index in [9.17, 15) is 9.70 Å². The lowest BCUT2D eigenvalue weighted by Crippen LogP contribution is -2.30. The van der Waals surface area contributed by atoms with Gasteiger partial charge in [0.2, 0.25) is 5.82 Å². The number of hydrogen-bond acceptors (Lipinski definition) is 4. The Labute approximate surface area is 126 Å². The molecule has 1 aliphatic heterocycles. The molecule has 110 valence electrons. The van der Waals surface area contributed by atoms with Gasteiger partial charge in [-0.2, -0.15) is 0 Å². The molecule has 0 atom stereocenters. The topological polar surface area (TPSA) is 70.5 Å². The summed E-state index contributed by atoms with van der Waals surface area (Å²) in [7, 11) is 0. The normalized spacial score (nSPS) is 15.2. The number of aromatic amines is 1. The van der Waals surface area contributed by atoms with Crippen molar-refractivity contribution in [3.05, 3.63) is 44.7 Å². The fourth-order valence-electron chi connectivity index (χ4n) is 2.67. The van der Waals surface area contributed by atoms with E-state index in [0.717, 1.165) is 25.9 Å². The molecule has 21 heavy (non-hydrogen) atoms. The first-order chi connectivity index (χ1) is 10.2. The zero-order chi connectivity index (χ0) is 14.8. The zero-order valence-corrected chi connectivity index (χ0v) is 12.1. The lowest BCUT2D eigenvalue weighted by atomic mass is 10.1. The maximum atomic E-state index is 12.2. The third kappa shape index (κ3) is 2.58. The molecule has 2 aromatic rings. The molecule has 1 aliphatic rings. The van der Waals surface area contributed by atoms with Crippen molar-refractivity contribution in [2.45, 2.75) is 19.3 Å². The number of rotatable bonds is 3. The summed E-state index contributed by atoms with van der Waals surface area (Å²) in [6, 6.07) is 6.72. The monoisotopic (exact) mass is 306 g/mol. The van der Waals surface area contributed by atoms with Gasteiger partial charge in [-0.3, -0.25) is 4.98 Å². The summed E-state index contributed by atoms with van der Waals surface area (Å²) in [6.07, 6.45) is 3.27. The summed E-state index contributed by atoms with van der Waals surface area (Å²) in [5, 5.41) is 3.64. The van der Waals surface area contributed by atoms with Crippen molar-refractivity contribution in [3.63, 3.8) is 0 Å². The molecule has 1 N–H and O–H groups in total. The number of imidazole rings is 1. The van der Waals surface area contributed by atoms with Gasteiger partial charge in [0, 0.05) is 18.1 Å². The van der Waals surface area contributed by atoms with Crippen LogP contribution in [0.15, 0.2) is 34.2 Å². The molecule has 0 unspecified atom stereocenters. The van der Waals surface area contributed by atoms with Gasteiger partial charge in [0.05, 0.1) is 5.69 Å². The summed E-state index contributed by atoms with van der Waals surface area (Å²) >= 11 is 5.85. The molecule has 7 heteroatoms. The molecule has 3 rings (SSSR count). The van der Waals surface area contributed by atoms with E-state index >= 15 is 0 Å². The maximum Gasteiger partial charge on any atom is 0.333 e. The Morgan fingerprint density at radius 2 is 1.76 bits per heavy atom. The van der Waals surface area contributed by atoms with Crippen LogP contribution in [-0.2, 0) is 0 Å². The molecular weight excluding hydrogens is 292 g/mol. The van der Waals surface area contributed by atoms with Gasteiger partial charge in [0.1, 0.15) is 0 Å². The van der Waals surface area contributed by atoms with Crippen molar-refractivity contribution in [3.8, 4) is 5.69 Å². The van der Waals surface area contributed by atoms with Crippen LogP contribution in [0.25, 0.3) is 5.69 Å². The fraction of sp³-hybridized carbons (Fsp3) is 0.357. The van der Waals surface area contributed by atoms with E-state index in [1.54, 1.807) is 24.3 Å². The van der Waals surface area contributed by atoms with E-state index in [1.165, 1.54) is 11.0 Å². The Balaban J connectivity index is 2.08. The average Bonchev–Trinajstić information content (AvgIpc) is 2.85. The Bertz CT molecular complexity index is 699. The highest BCUT2D eigenvalue weighted by molar-refractivity contribution is 6.30. The number of aromatic nitrogens is 2. The summed E-state index contributed by atoms with van der Waals surface area (Å²) in [6.45, 7) is 1.65. The summed E-state index contributed by atoms with van der Waals surface area (Å²) < 4.78 is 1.28. The van der Waals surface area contributed by atoms with Crippen molar-refractivity contribution in [2.24, 2.45) is 5.18 Å². The molecule has 1 saturated heterocycles. The van der Waals surface area contributed by atoms with Gasteiger partial charge >= 0.3 is 5.69 Å². The lowest BCUT2D eigenvalue weighted by molar-refractivity contribution is 0.574. The molecule has 0 aliphatic carbocycles. The molecular formula is C14H15ClN4O2. The van der Waals surface area contributed by atoms with E-state index in [-0.39, 0.29) is 11.5 Å². The van der Waals surface area contributed by atoms with Crippen molar-refractivity contribution in [1.82, 2.24) is 9.55 Å². The number of H-pyrrole nitrogens is 1. The minimum Gasteiger partial charge on any atom is -0.355 e. The first-order valence-corrected chi connectivity index (χ1v) is 7.28. The van der Waals surface area contributed by atoms with Crippen LogP contribution >= 0.6 is 11.6 Å². The van der Waals surface area contributed by atoms with Crippen LogP contribution in [0.1, 0.15) is 19.3 Å². The Morgan fingerprint density at radius 3 is 2.38 bits per heavy atom. The fourth-order valence-corrected chi connectivity index (χ4v) is 2.79. The van der Waals surface area contributed by atoms with Crippen LogP contribution in [0.4, 0.5) is 11.6 Å². The quantitative estimate of drug-likeness (QED) is 0.885. The first-order valence-electron chi connectivity index (χ1n) is 6.90. The van der Waals surface area contributed by atoms with Gasteiger partial charge in [-0.25, -0.2) is 9.36 Å². The van der Waals surface area contributed by atoms with Crippen molar-refractivity contribution >= 4 is 23.2 Å².